The molecule has 1 aromatic heterocycles. The molecule has 1 saturated heterocycles. The molecule has 0 spiro atoms. The van der Waals surface area contributed by atoms with Crippen molar-refractivity contribution in [3.8, 4) is 0 Å². The van der Waals surface area contributed by atoms with E-state index in [9.17, 15) is 33.6 Å². The van der Waals surface area contributed by atoms with Gasteiger partial charge in [-0.15, -0.1) is 0 Å². The lowest BCUT2D eigenvalue weighted by Crippen LogP contribution is -2.50. The summed E-state index contributed by atoms with van der Waals surface area (Å²) in [5.74, 6) is -3.66. The van der Waals surface area contributed by atoms with Gasteiger partial charge in [-0.25, -0.2) is 22.9 Å². The molecule has 1 aromatic rings. The van der Waals surface area contributed by atoms with Gasteiger partial charge in [0.15, 0.2) is 17.9 Å². The Hall–Kier alpha value is -1.10. The minimum Gasteiger partial charge on any atom is -0.383 e. The predicted molar refractivity (Wildman–Crippen MR) is 91.2 cm³/mol. The Labute approximate surface area is 170 Å². The Bertz CT molecular complexity index is 1120. The zero-order chi connectivity index (χ0) is 23.8. The molecule has 1 aliphatic carbocycles. The van der Waals surface area contributed by atoms with E-state index in [4.69, 9.17) is 25.2 Å². The van der Waals surface area contributed by atoms with E-state index in [1.165, 1.54) is 0 Å². The first-order chi connectivity index (χ1) is 13.8. The van der Waals surface area contributed by atoms with E-state index >= 15 is 4.39 Å². The number of nitrogens with zero attached hydrogens (tertiary/aromatic N) is 2. The molecule has 1 aliphatic heterocycles. The summed E-state index contributed by atoms with van der Waals surface area (Å²) in [6.07, 6.45) is -3.49. The van der Waals surface area contributed by atoms with Crippen LogP contribution in [0.25, 0.3) is 0 Å². The highest BCUT2D eigenvalue weighted by Gasteiger charge is 2.95. The van der Waals surface area contributed by atoms with Crippen LogP contribution < -0.4 is 11.4 Å². The van der Waals surface area contributed by atoms with Crippen molar-refractivity contribution in [3.05, 3.63) is 22.7 Å². The standard InChI is InChI=1S/C10H15FN3O14P3/c1-8(16)6(14-3-2-4(12)13-7(14)15)25-10(11)5(9(8,10)17)26-30(21,22)28-31(23,24)27-29(18,19)20/h2-3,5-6,16-17H,1H3,(H,21,22)(H,23,24)(H2,12,13,15)(H2,18,19,20)/t5?,6-,8+,9+,10-/m1/s1. The van der Waals surface area contributed by atoms with Crippen molar-refractivity contribution in [2.45, 2.75) is 36.3 Å². The zero-order valence-electron chi connectivity index (χ0n) is 15.0. The van der Waals surface area contributed by atoms with Gasteiger partial charge < -0.3 is 40.3 Å². The van der Waals surface area contributed by atoms with E-state index in [2.05, 4.69) is 18.1 Å². The third-order valence-electron chi connectivity index (χ3n) is 4.45. The lowest BCUT2D eigenvalue weighted by molar-refractivity contribution is -0.181. The number of phosphoric ester groups is 1. The smallest absolute Gasteiger partial charge is 0.383 e. The maximum atomic E-state index is 15.1. The number of aromatic nitrogens is 2. The fourth-order valence-electron chi connectivity index (χ4n) is 3.10. The predicted octanol–water partition coefficient (Wildman–Crippen LogP) is -1.77. The number of anilines is 1. The third kappa shape index (κ3) is 4.05. The molecule has 21 heteroatoms. The SMILES string of the molecule is C[C@]1(O)[C@H](n2ccc(N)nc2=O)O[C@]2(F)C(OP(=O)(O)OP(=O)(O)OP(=O)(O)O)[C@]12O. The first-order valence-electron chi connectivity index (χ1n) is 7.74. The van der Waals surface area contributed by atoms with Crippen molar-refractivity contribution in [3.63, 3.8) is 0 Å². The van der Waals surface area contributed by atoms with Crippen LogP contribution in [0.4, 0.5) is 10.2 Å². The molecular weight excluding hydrogens is 498 g/mol. The van der Waals surface area contributed by atoms with Crippen LogP contribution in [0.15, 0.2) is 17.1 Å². The Balaban J connectivity index is 1.83. The van der Waals surface area contributed by atoms with Crippen LogP contribution >= 0.6 is 23.5 Å². The quantitative estimate of drug-likeness (QED) is 0.199. The Morgan fingerprint density at radius 2 is 1.77 bits per heavy atom. The second kappa shape index (κ2) is 6.95. The minimum atomic E-state index is -5.92. The van der Waals surface area contributed by atoms with E-state index in [0.717, 1.165) is 19.2 Å². The molecule has 1 saturated carbocycles. The Kier molecular flexibility index (Phi) is 5.50. The molecule has 8 N–H and O–H groups in total. The molecule has 0 amide bonds. The summed E-state index contributed by atoms with van der Waals surface area (Å²) in [5.41, 5.74) is -1.63. The van der Waals surface area contributed by atoms with Gasteiger partial charge in [-0.1, -0.05) is 0 Å². The number of rotatable bonds is 7. The van der Waals surface area contributed by atoms with E-state index in [1.54, 1.807) is 0 Å². The lowest BCUT2D eigenvalue weighted by Gasteiger charge is -2.32. The maximum absolute atomic E-state index is 15.1. The minimum absolute atomic E-state index is 0.219. The molecule has 0 radical (unpaired) electrons. The van der Waals surface area contributed by atoms with Crippen molar-refractivity contribution in [2.75, 3.05) is 5.73 Å². The largest absolute Gasteiger partial charge is 0.490 e. The Morgan fingerprint density at radius 1 is 1.19 bits per heavy atom. The van der Waals surface area contributed by atoms with Gasteiger partial charge in [0.2, 0.25) is 0 Å². The Morgan fingerprint density at radius 3 is 2.23 bits per heavy atom. The molecule has 176 valence electrons. The molecule has 31 heavy (non-hydrogen) atoms. The lowest BCUT2D eigenvalue weighted by atomic mass is 9.95. The molecule has 2 aliphatic rings. The molecule has 0 bridgehead atoms. The van der Waals surface area contributed by atoms with E-state index in [1.807, 2.05) is 0 Å². The van der Waals surface area contributed by atoms with Crippen molar-refractivity contribution in [1.82, 2.24) is 9.55 Å². The van der Waals surface area contributed by atoms with Crippen molar-refractivity contribution in [2.24, 2.45) is 0 Å². The average molecular weight is 513 g/mol. The van der Waals surface area contributed by atoms with Gasteiger partial charge in [0.05, 0.1) is 0 Å². The molecule has 2 heterocycles. The average Bonchev–Trinajstić information content (AvgIpc) is 2.91. The van der Waals surface area contributed by atoms with Crippen molar-refractivity contribution < 1.29 is 65.8 Å². The van der Waals surface area contributed by atoms with Crippen molar-refractivity contribution >= 4 is 29.3 Å². The molecule has 7 atom stereocenters. The number of fused-ring (bicyclic) bond motifs is 1. The van der Waals surface area contributed by atoms with E-state index in [0.29, 0.717) is 4.57 Å². The number of nitrogen functional groups attached to an aromatic ring is 1. The van der Waals surface area contributed by atoms with Crippen LogP contribution in [-0.2, 0) is 31.6 Å². The summed E-state index contributed by atoms with van der Waals surface area (Å²) in [7, 11) is -17.5. The summed E-state index contributed by atoms with van der Waals surface area (Å²) >= 11 is 0. The van der Waals surface area contributed by atoms with Crippen LogP contribution in [0, 0.1) is 0 Å². The third-order valence-corrected chi connectivity index (χ3v) is 8.25. The van der Waals surface area contributed by atoms with E-state index < -0.39 is 58.5 Å². The molecule has 17 nitrogen and oxygen atoms in total. The van der Waals surface area contributed by atoms with Gasteiger partial charge >= 0.3 is 29.2 Å². The van der Waals surface area contributed by atoms with Crippen LogP contribution in [0.1, 0.15) is 13.2 Å². The van der Waals surface area contributed by atoms with Gasteiger partial charge in [-0.3, -0.25) is 9.09 Å². The molecular formula is C10H15FN3O14P3. The number of hydrogen-bond acceptors (Lipinski definition) is 12. The zero-order valence-corrected chi connectivity index (χ0v) is 17.6. The van der Waals surface area contributed by atoms with Crippen LogP contribution in [-0.4, -0.2) is 62.5 Å². The monoisotopic (exact) mass is 513 g/mol. The van der Waals surface area contributed by atoms with Gasteiger partial charge in [-0.05, 0) is 13.0 Å². The summed E-state index contributed by atoms with van der Waals surface area (Å²) in [4.78, 5) is 50.8. The number of hydrogen-bond donors (Lipinski definition) is 7. The highest BCUT2D eigenvalue weighted by Crippen LogP contribution is 2.74. The van der Waals surface area contributed by atoms with Gasteiger partial charge in [0.1, 0.15) is 11.4 Å². The summed E-state index contributed by atoms with van der Waals surface area (Å²) in [5, 5.41) is 21.2. The van der Waals surface area contributed by atoms with Crippen LogP contribution in [0.5, 0.6) is 0 Å². The first kappa shape index (κ1) is 24.5. The summed E-state index contributed by atoms with van der Waals surface area (Å²) in [6.45, 7) is 0.780. The maximum Gasteiger partial charge on any atom is 0.490 e. The second-order valence-electron chi connectivity index (χ2n) is 6.65. The fraction of sp³-hybridized carbons (Fsp3) is 0.600. The number of halogens is 1. The molecule has 2 fully saturated rings. The van der Waals surface area contributed by atoms with Crippen LogP contribution in [0.2, 0.25) is 0 Å². The first-order valence-corrected chi connectivity index (χ1v) is 12.3. The molecule has 3 rings (SSSR count). The summed E-state index contributed by atoms with van der Waals surface area (Å²) < 4.78 is 65.5. The normalized spacial score (nSPS) is 38.8. The highest BCUT2D eigenvalue weighted by molar-refractivity contribution is 7.66. The van der Waals surface area contributed by atoms with Crippen molar-refractivity contribution in [1.29, 1.82) is 0 Å². The highest BCUT2D eigenvalue weighted by atomic mass is 31.3. The van der Waals surface area contributed by atoms with Crippen LogP contribution in [0.3, 0.4) is 0 Å². The number of alkyl halides is 1. The number of nitrogens with two attached hydrogens (primary N) is 1. The number of ether oxygens (including phenoxy) is 1. The second-order valence-corrected chi connectivity index (χ2v) is 11.0. The number of aliphatic hydroxyl groups is 2. The molecule has 0 aromatic carbocycles. The van der Waals surface area contributed by atoms with Gasteiger partial charge in [0.25, 0.3) is 5.85 Å². The topological polar surface area (TPSA) is 270 Å². The summed E-state index contributed by atoms with van der Waals surface area (Å²) in [6, 6.07) is 1.09. The fourth-order valence-corrected chi connectivity index (χ4v) is 6.32. The number of phosphoric acid groups is 3. The van der Waals surface area contributed by atoms with Gasteiger partial charge in [-0.2, -0.15) is 13.6 Å². The molecule has 3 unspecified atom stereocenters. The van der Waals surface area contributed by atoms with E-state index in [-0.39, 0.29) is 5.82 Å². The van der Waals surface area contributed by atoms with Gasteiger partial charge in [0, 0.05) is 6.20 Å².